The van der Waals surface area contributed by atoms with Gasteiger partial charge in [0.05, 0.1) is 16.9 Å². The van der Waals surface area contributed by atoms with E-state index in [0.29, 0.717) is 10.6 Å². The van der Waals surface area contributed by atoms with Crippen LogP contribution < -0.4 is 10.6 Å². The molecule has 0 aliphatic rings. The second-order valence-corrected chi connectivity index (χ2v) is 5.85. The van der Waals surface area contributed by atoms with Gasteiger partial charge in [0.1, 0.15) is 29.3 Å². The van der Waals surface area contributed by atoms with Crippen LogP contribution in [0, 0.1) is 0 Å². The van der Waals surface area contributed by atoms with Crippen molar-refractivity contribution in [1.29, 1.82) is 0 Å². The zero-order valence-electron chi connectivity index (χ0n) is 13.2. The molecule has 2 rings (SSSR count). The standard InChI is InChI=1S/C14H18N4O5S/c1-15-9(20)6-23-3-4-24-8-5-7(19)11-10(13(8)21)12(18-17-11)14(22)16-2/h5,19,21H,3-4,6H2,1-2H3,(H,15,20)(H,16,22)(H,17,18). The molecule has 9 nitrogen and oxygen atoms in total. The minimum atomic E-state index is -0.455. The Morgan fingerprint density at radius 3 is 2.75 bits per heavy atom. The number of aromatic amines is 1. The first-order valence-electron chi connectivity index (χ1n) is 7.05. The summed E-state index contributed by atoms with van der Waals surface area (Å²) in [5, 5.41) is 31.8. The van der Waals surface area contributed by atoms with Gasteiger partial charge in [-0.2, -0.15) is 5.10 Å². The lowest BCUT2D eigenvalue weighted by Crippen LogP contribution is -2.23. The van der Waals surface area contributed by atoms with Crippen LogP contribution in [0.3, 0.4) is 0 Å². The SMILES string of the molecule is CNC(=O)COCCSc1cc(O)c2n[nH]c(C(=O)NC)c2c1O. The molecule has 0 aliphatic heterocycles. The van der Waals surface area contributed by atoms with Gasteiger partial charge in [0.15, 0.2) is 0 Å². The monoisotopic (exact) mass is 354 g/mol. The molecule has 24 heavy (non-hydrogen) atoms. The van der Waals surface area contributed by atoms with Gasteiger partial charge < -0.3 is 25.6 Å². The van der Waals surface area contributed by atoms with E-state index in [4.69, 9.17) is 4.74 Å². The molecule has 10 heteroatoms. The molecule has 0 spiro atoms. The van der Waals surface area contributed by atoms with Gasteiger partial charge in [-0.3, -0.25) is 14.7 Å². The van der Waals surface area contributed by atoms with E-state index in [1.54, 1.807) is 0 Å². The number of phenols is 2. The van der Waals surface area contributed by atoms with Gasteiger partial charge in [-0.05, 0) is 6.07 Å². The molecule has 0 fully saturated rings. The number of nitrogens with zero attached hydrogens (tertiary/aromatic N) is 1. The lowest BCUT2D eigenvalue weighted by atomic mass is 10.1. The number of rotatable bonds is 7. The van der Waals surface area contributed by atoms with Crippen LogP contribution in [0.25, 0.3) is 10.9 Å². The van der Waals surface area contributed by atoms with Crippen molar-refractivity contribution in [3.63, 3.8) is 0 Å². The maximum Gasteiger partial charge on any atom is 0.269 e. The lowest BCUT2D eigenvalue weighted by molar-refractivity contribution is -0.124. The fourth-order valence-electron chi connectivity index (χ4n) is 1.99. The van der Waals surface area contributed by atoms with E-state index in [1.165, 1.54) is 31.9 Å². The van der Waals surface area contributed by atoms with Gasteiger partial charge in [0.25, 0.3) is 5.91 Å². The van der Waals surface area contributed by atoms with Crippen LogP contribution in [0.5, 0.6) is 11.5 Å². The zero-order valence-corrected chi connectivity index (χ0v) is 14.0. The van der Waals surface area contributed by atoms with Gasteiger partial charge in [0.2, 0.25) is 5.91 Å². The Hall–Kier alpha value is -2.46. The van der Waals surface area contributed by atoms with Crippen LogP contribution in [0.4, 0.5) is 0 Å². The predicted octanol–water partition coefficient (Wildman–Crippen LogP) is 0.188. The molecule has 2 aromatic rings. The van der Waals surface area contributed by atoms with Gasteiger partial charge in [-0.1, -0.05) is 0 Å². The summed E-state index contributed by atoms with van der Waals surface area (Å²) in [6, 6.07) is 1.37. The highest BCUT2D eigenvalue weighted by Gasteiger charge is 2.21. The summed E-state index contributed by atoms with van der Waals surface area (Å²) in [4.78, 5) is 23.2. The van der Waals surface area contributed by atoms with Crippen LogP contribution >= 0.6 is 11.8 Å². The first-order chi connectivity index (χ1) is 11.5. The number of carbonyl (C=O) groups excluding carboxylic acids is 2. The highest BCUT2D eigenvalue weighted by molar-refractivity contribution is 7.99. The van der Waals surface area contributed by atoms with Crippen molar-refractivity contribution < 1.29 is 24.5 Å². The number of likely N-dealkylation sites (N-methyl/N-ethyl adjacent to an activating group) is 1. The molecule has 0 radical (unpaired) electrons. The summed E-state index contributed by atoms with van der Waals surface area (Å²) in [5.41, 5.74) is 0.185. The molecule has 1 aromatic heterocycles. The number of fused-ring (bicyclic) bond motifs is 1. The topological polar surface area (TPSA) is 137 Å². The number of hydrogen-bond acceptors (Lipinski definition) is 7. The van der Waals surface area contributed by atoms with Gasteiger partial charge in [-0.15, -0.1) is 11.8 Å². The highest BCUT2D eigenvalue weighted by atomic mass is 32.2. The van der Waals surface area contributed by atoms with Gasteiger partial charge in [0, 0.05) is 19.8 Å². The van der Waals surface area contributed by atoms with Gasteiger partial charge in [-0.25, -0.2) is 0 Å². The van der Waals surface area contributed by atoms with E-state index >= 15 is 0 Å². The van der Waals surface area contributed by atoms with E-state index in [1.807, 2.05) is 0 Å². The number of carbonyl (C=O) groups is 2. The smallest absolute Gasteiger partial charge is 0.269 e. The van der Waals surface area contributed by atoms with E-state index in [9.17, 15) is 19.8 Å². The average molecular weight is 354 g/mol. The maximum atomic E-state index is 11.8. The number of amides is 2. The fraction of sp³-hybridized carbons (Fsp3) is 0.357. The van der Waals surface area contributed by atoms with Crippen LogP contribution in [0.15, 0.2) is 11.0 Å². The average Bonchev–Trinajstić information content (AvgIpc) is 3.03. The number of aromatic nitrogens is 2. The zero-order chi connectivity index (χ0) is 17.7. The largest absolute Gasteiger partial charge is 0.506 e. The molecular formula is C14H18N4O5S. The molecule has 0 unspecified atom stereocenters. The summed E-state index contributed by atoms with van der Waals surface area (Å²) in [6.07, 6.45) is 0. The molecule has 1 heterocycles. The van der Waals surface area contributed by atoms with Crippen molar-refractivity contribution in [2.75, 3.05) is 33.1 Å². The number of hydrogen-bond donors (Lipinski definition) is 5. The first-order valence-corrected chi connectivity index (χ1v) is 8.04. The molecule has 0 bridgehead atoms. The predicted molar refractivity (Wildman–Crippen MR) is 88.4 cm³/mol. The third kappa shape index (κ3) is 3.71. The molecule has 0 saturated carbocycles. The van der Waals surface area contributed by atoms with Crippen LogP contribution in [0.2, 0.25) is 0 Å². The number of ether oxygens (including phenoxy) is 1. The quantitative estimate of drug-likeness (QED) is 0.272. The highest BCUT2D eigenvalue weighted by Crippen LogP contribution is 2.40. The molecule has 1 aromatic carbocycles. The minimum Gasteiger partial charge on any atom is -0.506 e. The molecule has 0 aliphatic carbocycles. The number of phenolic OH excluding ortho intramolecular Hbond substituents is 2. The molecule has 0 atom stereocenters. The Bertz CT molecular complexity index is 761. The van der Waals surface area contributed by atoms with Crippen molar-refractivity contribution in [3.05, 3.63) is 11.8 Å². The van der Waals surface area contributed by atoms with Crippen LogP contribution in [0.1, 0.15) is 10.5 Å². The van der Waals surface area contributed by atoms with Crippen molar-refractivity contribution in [1.82, 2.24) is 20.8 Å². The second kappa shape index (κ2) is 7.88. The Morgan fingerprint density at radius 2 is 2.08 bits per heavy atom. The number of aromatic hydroxyl groups is 2. The third-order valence-electron chi connectivity index (χ3n) is 3.20. The maximum absolute atomic E-state index is 11.8. The fourth-order valence-corrected chi connectivity index (χ4v) is 2.84. The summed E-state index contributed by atoms with van der Waals surface area (Å²) in [7, 11) is 2.97. The molecule has 0 saturated heterocycles. The Balaban J connectivity index is 2.15. The van der Waals surface area contributed by atoms with Crippen molar-refractivity contribution >= 4 is 34.5 Å². The van der Waals surface area contributed by atoms with Crippen LogP contribution in [-0.2, 0) is 9.53 Å². The summed E-state index contributed by atoms with van der Waals surface area (Å²) < 4.78 is 5.17. The first kappa shape index (κ1) is 17.9. The third-order valence-corrected chi connectivity index (χ3v) is 4.19. The van der Waals surface area contributed by atoms with Crippen molar-refractivity contribution in [2.45, 2.75) is 4.90 Å². The Kier molecular flexibility index (Phi) is 5.88. The number of H-pyrrole nitrogens is 1. The minimum absolute atomic E-state index is 0.0458. The van der Waals surface area contributed by atoms with Crippen LogP contribution in [-0.4, -0.2) is 65.3 Å². The Morgan fingerprint density at radius 1 is 1.33 bits per heavy atom. The van der Waals surface area contributed by atoms with E-state index in [2.05, 4.69) is 20.8 Å². The van der Waals surface area contributed by atoms with E-state index in [-0.39, 0.29) is 47.2 Å². The summed E-state index contributed by atoms with van der Waals surface area (Å²) >= 11 is 1.23. The lowest BCUT2D eigenvalue weighted by Gasteiger charge is -2.08. The summed E-state index contributed by atoms with van der Waals surface area (Å²) in [5.74, 6) is -0.531. The summed E-state index contributed by atoms with van der Waals surface area (Å²) in [6.45, 7) is 0.236. The normalized spacial score (nSPS) is 10.8. The van der Waals surface area contributed by atoms with E-state index < -0.39 is 5.91 Å². The number of thioether (sulfide) groups is 1. The number of benzene rings is 1. The number of nitrogens with one attached hydrogen (secondary N) is 3. The van der Waals surface area contributed by atoms with Crippen molar-refractivity contribution in [2.24, 2.45) is 0 Å². The molecule has 5 N–H and O–H groups in total. The van der Waals surface area contributed by atoms with Gasteiger partial charge >= 0.3 is 0 Å². The van der Waals surface area contributed by atoms with Crippen molar-refractivity contribution in [3.8, 4) is 11.5 Å². The Labute approximate surface area is 141 Å². The molecule has 130 valence electrons. The van der Waals surface area contributed by atoms with E-state index in [0.717, 1.165) is 0 Å². The molecule has 2 amide bonds. The molecular weight excluding hydrogens is 336 g/mol. The second-order valence-electron chi connectivity index (χ2n) is 4.72.